The molecule has 2 heterocycles. The number of hydrogen-bond acceptors (Lipinski definition) is 6. The van der Waals surface area contributed by atoms with Crippen LogP contribution in [0.4, 0.5) is 5.82 Å². The van der Waals surface area contributed by atoms with Crippen LogP contribution >= 0.6 is 11.5 Å². The summed E-state index contributed by atoms with van der Waals surface area (Å²) >= 11 is 1.34. The van der Waals surface area contributed by atoms with Crippen LogP contribution in [0.3, 0.4) is 0 Å². The van der Waals surface area contributed by atoms with Gasteiger partial charge in [0.1, 0.15) is 5.82 Å². The van der Waals surface area contributed by atoms with E-state index in [9.17, 15) is 0 Å². The number of hydrogen-bond donors (Lipinski definition) is 1. The molecular weight excluding hydrogens is 224 g/mol. The minimum atomic E-state index is 0.618. The number of aromatic nitrogens is 3. The number of anilines is 1. The minimum absolute atomic E-state index is 0.618. The maximum absolute atomic E-state index is 5.31. The fourth-order valence-electron chi connectivity index (χ4n) is 1.18. The van der Waals surface area contributed by atoms with Gasteiger partial charge < -0.3 is 10.1 Å². The lowest BCUT2D eigenvalue weighted by molar-refractivity contribution is 0.327. The highest BCUT2D eigenvalue weighted by Gasteiger charge is 1.99. The first-order valence-electron chi connectivity index (χ1n) is 4.98. The normalized spacial score (nSPS) is 10.1. The van der Waals surface area contributed by atoms with Gasteiger partial charge in [-0.05, 0) is 24.5 Å². The van der Waals surface area contributed by atoms with Gasteiger partial charge in [-0.3, -0.25) is 0 Å². The molecule has 0 radical (unpaired) electrons. The quantitative estimate of drug-likeness (QED) is 0.859. The molecule has 5 nitrogen and oxygen atoms in total. The van der Waals surface area contributed by atoms with Gasteiger partial charge in [-0.1, -0.05) is 10.6 Å². The predicted molar refractivity (Wildman–Crippen MR) is 62.6 cm³/mol. The van der Waals surface area contributed by atoms with Crippen LogP contribution in [-0.4, -0.2) is 21.2 Å². The zero-order chi connectivity index (χ0) is 11.2. The van der Waals surface area contributed by atoms with Crippen LogP contribution < -0.4 is 10.1 Å². The fraction of sp³-hybridized carbons (Fsp3) is 0.300. The first-order valence-corrected chi connectivity index (χ1v) is 5.82. The van der Waals surface area contributed by atoms with E-state index in [1.165, 1.54) is 11.5 Å². The number of pyridine rings is 1. The van der Waals surface area contributed by atoms with Crippen LogP contribution in [0, 0.1) is 0 Å². The maximum atomic E-state index is 5.31. The SMILES string of the molecule is CCOc1cccc(NCc2csnn2)n1. The Labute approximate surface area is 97.7 Å². The van der Waals surface area contributed by atoms with Gasteiger partial charge in [0, 0.05) is 11.4 Å². The van der Waals surface area contributed by atoms with Crippen molar-refractivity contribution in [3.05, 3.63) is 29.3 Å². The third kappa shape index (κ3) is 2.90. The van der Waals surface area contributed by atoms with Gasteiger partial charge in [-0.2, -0.15) is 4.98 Å². The predicted octanol–water partition coefficient (Wildman–Crippen LogP) is 1.94. The molecule has 2 aromatic rings. The van der Waals surface area contributed by atoms with Crippen LogP contribution in [-0.2, 0) is 6.54 Å². The van der Waals surface area contributed by atoms with Crippen LogP contribution in [0.2, 0.25) is 0 Å². The van der Waals surface area contributed by atoms with Gasteiger partial charge in [0.15, 0.2) is 0 Å². The van der Waals surface area contributed by atoms with Crippen molar-refractivity contribution in [1.29, 1.82) is 0 Å². The highest BCUT2D eigenvalue weighted by Crippen LogP contribution is 2.12. The van der Waals surface area contributed by atoms with E-state index in [1.807, 2.05) is 30.5 Å². The summed E-state index contributed by atoms with van der Waals surface area (Å²) in [5, 5.41) is 9.00. The van der Waals surface area contributed by atoms with E-state index in [4.69, 9.17) is 4.74 Å². The second-order valence-electron chi connectivity index (χ2n) is 3.04. The van der Waals surface area contributed by atoms with Crippen molar-refractivity contribution in [3.63, 3.8) is 0 Å². The summed E-state index contributed by atoms with van der Waals surface area (Å²) < 4.78 is 9.09. The monoisotopic (exact) mass is 236 g/mol. The molecule has 0 atom stereocenters. The molecule has 0 saturated heterocycles. The molecule has 2 rings (SSSR count). The minimum Gasteiger partial charge on any atom is -0.478 e. The highest BCUT2D eigenvalue weighted by molar-refractivity contribution is 7.03. The lowest BCUT2D eigenvalue weighted by Crippen LogP contribution is -2.03. The smallest absolute Gasteiger partial charge is 0.215 e. The first kappa shape index (κ1) is 10.8. The largest absolute Gasteiger partial charge is 0.478 e. The molecule has 1 N–H and O–H groups in total. The Balaban J connectivity index is 1.96. The fourth-order valence-corrected chi connectivity index (χ4v) is 1.63. The van der Waals surface area contributed by atoms with Crippen LogP contribution in [0.5, 0.6) is 5.88 Å². The molecule has 0 amide bonds. The third-order valence-corrected chi connectivity index (χ3v) is 2.42. The van der Waals surface area contributed by atoms with Gasteiger partial charge in [0.25, 0.3) is 0 Å². The van der Waals surface area contributed by atoms with Crippen molar-refractivity contribution in [1.82, 2.24) is 14.6 Å². The van der Waals surface area contributed by atoms with Gasteiger partial charge >= 0.3 is 0 Å². The average Bonchev–Trinajstić information content (AvgIpc) is 2.80. The van der Waals surface area contributed by atoms with Crippen molar-refractivity contribution in [2.75, 3.05) is 11.9 Å². The van der Waals surface area contributed by atoms with E-state index >= 15 is 0 Å². The molecule has 2 aromatic heterocycles. The molecule has 0 fully saturated rings. The number of nitrogens with zero attached hydrogens (tertiary/aromatic N) is 3. The van der Waals surface area contributed by atoms with E-state index < -0.39 is 0 Å². The van der Waals surface area contributed by atoms with E-state index in [1.54, 1.807) is 0 Å². The van der Waals surface area contributed by atoms with E-state index in [2.05, 4.69) is 19.9 Å². The number of nitrogens with one attached hydrogen (secondary N) is 1. The first-order chi connectivity index (χ1) is 7.88. The third-order valence-electron chi connectivity index (χ3n) is 1.87. The van der Waals surface area contributed by atoms with E-state index in [0.29, 0.717) is 19.0 Å². The second kappa shape index (κ2) is 5.41. The van der Waals surface area contributed by atoms with Crippen molar-refractivity contribution in [2.24, 2.45) is 0 Å². The van der Waals surface area contributed by atoms with Crippen LogP contribution in [0.25, 0.3) is 0 Å². The molecular formula is C10H12N4OS. The lowest BCUT2D eigenvalue weighted by Gasteiger charge is -2.05. The van der Waals surface area contributed by atoms with Crippen molar-refractivity contribution in [3.8, 4) is 5.88 Å². The summed E-state index contributed by atoms with van der Waals surface area (Å²) in [5.74, 6) is 1.41. The molecule has 84 valence electrons. The summed E-state index contributed by atoms with van der Waals surface area (Å²) in [6.07, 6.45) is 0. The Morgan fingerprint density at radius 2 is 2.38 bits per heavy atom. The zero-order valence-electron chi connectivity index (χ0n) is 8.88. The number of ether oxygens (including phenoxy) is 1. The van der Waals surface area contributed by atoms with E-state index in [-0.39, 0.29) is 0 Å². The lowest BCUT2D eigenvalue weighted by atomic mass is 10.4. The Hall–Kier alpha value is -1.69. The Morgan fingerprint density at radius 1 is 1.44 bits per heavy atom. The molecule has 0 spiro atoms. The molecule has 16 heavy (non-hydrogen) atoms. The van der Waals surface area contributed by atoms with Crippen molar-refractivity contribution >= 4 is 17.4 Å². The van der Waals surface area contributed by atoms with Crippen LogP contribution in [0.1, 0.15) is 12.6 Å². The maximum Gasteiger partial charge on any atom is 0.215 e. The van der Waals surface area contributed by atoms with Gasteiger partial charge in [-0.15, -0.1) is 5.10 Å². The zero-order valence-corrected chi connectivity index (χ0v) is 9.70. The topological polar surface area (TPSA) is 59.9 Å². The Bertz CT molecular complexity index is 432. The molecule has 0 aliphatic carbocycles. The molecule has 0 aliphatic heterocycles. The van der Waals surface area contributed by atoms with Gasteiger partial charge in [0.05, 0.1) is 18.8 Å². The molecule has 6 heteroatoms. The van der Waals surface area contributed by atoms with Gasteiger partial charge in [-0.25, -0.2) is 0 Å². The van der Waals surface area contributed by atoms with E-state index in [0.717, 1.165) is 11.5 Å². The summed E-state index contributed by atoms with van der Waals surface area (Å²) in [6, 6.07) is 5.63. The van der Waals surface area contributed by atoms with Gasteiger partial charge in [0.2, 0.25) is 5.88 Å². The molecule has 0 aromatic carbocycles. The summed E-state index contributed by atoms with van der Waals surface area (Å²) in [4.78, 5) is 4.28. The van der Waals surface area contributed by atoms with Crippen molar-refractivity contribution < 1.29 is 4.74 Å². The molecule has 0 aliphatic rings. The highest BCUT2D eigenvalue weighted by atomic mass is 32.1. The Morgan fingerprint density at radius 3 is 3.12 bits per heavy atom. The summed E-state index contributed by atoms with van der Waals surface area (Å²) in [7, 11) is 0. The van der Waals surface area contributed by atoms with Crippen LogP contribution in [0.15, 0.2) is 23.6 Å². The second-order valence-corrected chi connectivity index (χ2v) is 3.65. The molecule has 0 unspecified atom stereocenters. The standard InChI is InChI=1S/C10H12N4OS/c1-2-15-10-5-3-4-9(12-10)11-6-8-7-16-14-13-8/h3-5,7H,2,6H2,1H3,(H,11,12). The summed E-state index contributed by atoms with van der Waals surface area (Å²) in [5.41, 5.74) is 0.911. The molecule has 0 saturated carbocycles. The molecule has 0 bridgehead atoms. The summed E-state index contributed by atoms with van der Waals surface area (Å²) in [6.45, 7) is 3.17. The number of rotatable bonds is 5. The average molecular weight is 236 g/mol. The van der Waals surface area contributed by atoms with Crippen molar-refractivity contribution in [2.45, 2.75) is 13.5 Å². The Kier molecular flexibility index (Phi) is 3.66.